The molecule has 0 fully saturated rings. The summed E-state index contributed by atoms with van der Waals surface area (Å²) in [5, 5.41) is 10.5. The monoisotopic (exact) mass is 1230 g/mol. The molecule has 0 aliphatic heterocycles. The number of hydrogen-bond donors (Lipinski definition) is 3. The van der Waals surface area contributed by atoms with Gasteiger partial charge in [0.2, 0.25) is 0 Å². The van der Waals surface area contributed by atoms with Gasteiger partial charge in [0.1, 0.15) is 19.3 Å². The third-order valence-electron chi connectivity index (χ3n) is 15.3. The number of aliphatic hydroxyl groups excluding tert-OH is 1. The van der Waals surface area contributed by atoms with Crippen molar-refractivity contribution in [1.82, 2.24) is 0 Å². The number of carbonyl (C=O) groups excluding carboxylic acids is 4. The molecule has 0 aromatic heterocycles. The van der Waals surface area contributed by atoms with Crippen LogP contribution in [0, 0.1) is 23.7 Å². The average Bonchev–Trinajstić information content (AvgIpc) is 3.45. The molecule has 0 rings (SSSR count). The Kier molecular flexibility index (Phi) is 53.0. The van der Waals surface area contributed by atoms with Crippen LogP contribution in [0.3, 0.4) is 0 Å². The molecular weight excluding hydrogens is 1100 g/mol. The molecule has 492 valence electrons. The van der Waals surface area contributed by atoms with E-state index in [0.29, 0.717) is 31.6 Å². The number of carbonyl (C=O) groups is 4. The molecule has 7 atom stereocenters. The topological polar surface area (TPSA) is 237 Å². The molecular formula is C64H124O17P2. The van der Waals surface area contributed by atoms with Gasteiger partial charge in [-0.2, -0.15) is 0 Å². The second kappa shape index (κ2) is 54.2. The van der Waals surface area contributed by atoms with E-state index in [4.69, 9.17) is 37.0 Å². The molecule has 0 radical (unpaired) electrons. The van der Waals surface area contributed by atoms with Gasteiger partial charge in [-0.25, -0.2) is 9.13 Å². The van der Waals surface area contributed by atoms with Crippen molar-refractivity contribution in [2.24, 2.45) is 23.7 Å². The zero-order valence-electron chi connectivity index (χ0n) is 53.8. The minimum absolute atomic E-state index is 0.101. The highest BCUT2D eigenvalue weighted by Crippen LogP contribution is 2.45. The molecule has 83 heavy (non-hydrogen) atoms. The minimum Gasteiger partial charge on any atom is -0.462 e. The molecule has 5 unspecified atom stereocenters. The normalized spacial score (nSPS) is 15.1. The molecule has 0 aliphatic rings. The standard InChI is InChI=1S/C64H124O17P2/c1-9-56(7)42-34-26-20-22-29-37-45-62(67)75-51-60(81-64(69)47-39-31-23-21-27-35-43-57(8)10-2)53-79-83(72,73)77-49-58(65)48-76-82(70,71)78-52-59(50-74-61(66)44-36-28-19-15-17-25-33-41-55(5)6)80-63(68)46-38-30-18-14-12-11-13-16-24-32-40-54(3)4/h54-60,65H,9-53H2,1-8H3,(H,70,71)(H,72,73)/t56?,57?,58?,59-,60-/m1/s1. The highest BCUT2D eigenvalue weighted by molar-refractivity contribution is 7.47. The van der Waals surface area contributed by atoms with E-state index in [1.807, 2.05) is 0 Å². The van der Waals surface area contributed by atoms with Crippen molar-refractivity contribution in [1.29, 1.82) is 0 Å². The molecule has 19 heteroatoms. The summed E-state index contributed by atoms with van der Waals surface area (Å²) in [6.45, 7) is 13.9. The molecule has 0 aliphatic carbocycles. The predicted octanol–water partition coefficient (Wildman–Crippen LogP) is 17.4. The van der Waals surface area contributed by atoms with Crippen LogP contribution in [0.4, 0.5) is 0 Å². The first-order valence-corrected chi connectivity index (χ1v) is 36.3. The van der Waals surface area contributed by atoms with Gasteiger partial charge in [-0.15, -0.1) is 0 Å². The number of phosphoric ester groups is 2. The van der Waals surface area contributed by atoms with Crippen molar-refractivity contribution in [2.45, 2.75) is 324 Å². The third kappa shape index (κ3) is 56.3. The van der Waals surface area contributed by atoms with E-state index in [9.17, 15) is 43.2 Å². The highest BCUT2D eigenvalue weighted by atomic mass is 31.2. The third-order valence-corrected chi connectivity index (χ3v) is 17.2. The maximum atomic E-state index is 13.0. The number of unbranched alkanes of at least 4 members (excludes halogenated alkanes) is 25. The van der Waals surface area contributed by atoms with E-state index in [-0.39, 0.29) is 25.7 Å². The first-order valence-electron chi connectivity index (χ1n) is 33.3. The molecule has 0 spiro atoms. The van der Waals surface area contributed by atoms with Gasteiger partial charge in [0.25, 0.3) is 0 Å². The van der Waals surface area contributed by atoms with E-state index in [1.165, 1.54) is 96.3 Å². The molecule has 0 heterocycles. The Balaban J connectivity index is 5.26. The summed E-state index contributed by atoms with van der Waals surface area (Å²) in [5.41, 5.74) is 0. The molecule has 17 nitrogen and oxygen atoms in total. The van der Waals surface area contributed by atoms with Crippen LogP contribution in [0.1, 0.15) is 306 Å². The van der Waals surface area contributed by atoms with E-state index in [0.717, 1.165) is 120 Å². The number of hydrogen-bond acceptors (Lipinski definition) is 15. The van der Waals surface area contributed by atoms with Crippen LogP contribution in [-0.4, -0.2) is 96.7 Å². The van der Waals surface area contributed by atoms with Crippen molar-refractivity contribution in [3.05, 3.63) is 0 Å². The Morgan fingerprint density at radius 1 is 0.337 bits per heavy atom. The minimum atomic E-state index is -4.95. The summed E-state index contributed by atoms with van der Waals surface area (Å²) in [6.07, 6.45) is 33.6. The van der Waals surface area contributed by atoms with E-state index >= 15 is 0 Å². The molecule has 0 amide bonds. The number of rotatable bonds is 61. The highest BCUT2D eigenvalue weighted by Gasteiger charge is 2.30. The van der Waals surface area contributed by atoms with E-state index in [1.54, 1.807) is 0 Å². The Labute approximate surface area is 505 Å². The summed E-state index contributed by atoms with van der Waals surface area (Å²) >= 11 is 0. The first-order chi connectivity index (χ1) is 39.7. The van der Waals surface area contributed by atoms with Gasteiger partial charge < -0.3 is 33.8 Å². The predicted molar refractivity (Wildman–Crippen MR) is 331 cm³/mol. The number of ether oxygens (including phenoxy) is 4. The lowest BCUT2D eigenvalue weighted by atomic mass is 10.00. The zero-order valence-corrected chi connectivity index (χ0v) is 55.6. The zero-order chi connectivity index (χ0) is 61.8. The average molecular weight is 1230 g/mol. The second-order valence-electron chi connectivity index (χ2n) is 24.6. The van der Waals surface area contributed by atoms with Gasteiger partial charge in [0, 0.05) is 25.7 Å². The van der Waals surface area contributed by atoms with Gasteiger partial charge in [-0.05, 0) is 49.4 Å². The van der Waals surface area contributed by atoms with Crippen LogP contribution in [0.2, 0.25) is 0 Å². The molecule has 0 bridgehead atoms. The Morgan fingerprint density at radius 2 is 0.578 bits per heavy atom. The fourth-order valence-corrected chi connectivity index (χ4v) is 10.9. The van der Waals surface area contributed by atoms with Crippen molar-refractivity contribution in [3.63, 3.8) is 0 Å². The molecule has 0 aromatic rings. The van der Waals surface area contributed by atoms with Crippen molar-refractivity contribution in [3.8, 4) is 0 Å². The number of phosphoric acid groups is 2. The Bertz CT molecular complexity index is 1670. The second-order valence-corrected chi connectivity index (χ2v) is 27.5. The summed E-state index contributed by atoms with van der Waals surface area (Å²) in [6, 6.07) is 0. The molecule has 0 aromatic carbocycles. The lowest BCUT2D eigenvalue weighted by molar-refractivity contribution is -0.161. The van der Waals surface area contributed by atoms with Crippen LogP contribution in [0.5, 0.6) is 0 Å². The molecule has 0 saturated carbocycles. The van der Waals surface area contributed by atoms with Crippen LogP contribution in [0.15, 0.2) is 0 Å². The van der Waals surface area contributed by atoms with E-state index in [2.05, 4.69) is 55.4 Å². The van der Waals surface area contributed by atoms with Gasteiger partial charge in [-0.1, -0.05) is 254 Å². The quantitative estimate of drug-likeness (QED) is 0.0222. The summed E-state index contributed by atoms with van der Waals surface area (Å²) in [4.78, 5) is 72.2. The lowest BCUT2D eigenvalue weighted by Gasteiger charge is -2.21. The lowest BCUT2D eigenvalue weighted by Crippen LogP contribution is -2.30. The first kappa shape index (κ1) is 81.1. The fraction of sp³-hybridized carbons (Fsp3) is 0.938. The maximum Gasteiger partial charge on any atom is 0.472 e. The van der Waals surface area contributed by atoms with Crippen molar-refractivity contribution >= 4 is 39.5 Å². The maximum absolute atomic E-state index is 13.0. The molecule has 0 saturated heterocycles. The SMILES string of the molecule is CCC(C)CCCCCCCCC(=O)OC[C@H](COP(=O)(O)OCC(O)COP(=O)(O)OC[C@@H](COC(=O)CCCCCCCCCC(C)C)OC(=O)CCCCCCCCCCCCC(C)C)OC(=O)CCCCCCCCC(C)CC. The van der Waals surface area contributed by atoms with Crippen LogP contribution < -0.4 is 0 Å². The Morgan fingerprint density at radius 3 is 0.855 bits per heavy atom. The van der Waals surface area contributed by atoms with Crippen LogP contribution >= 0.6 is 15.6 Å². The molecule has 3 N–H and O–H groups in total. The van der Waals surface area contributed by atoms with Crippen LogP contribution in [-0.2, 0) is 65.4 Å². The largest absolute Gasteiger partial charge is 0.472 e. The van der Waals surface area contributed by atoms with Crippen molar-refractivity contribution in [2.75, 3.05) is 39.6 Å². The summed E-state index contributed by atoms with van der Waals surface area (Å²) in [7, 11) is -9.89. The van der Waals surface area contributed by atoms with Gasteiger partial charge in [0.05, 0.1) is 26.4 Å². The van der Waals surface area contributed by atoms with Crippen LogP contribution in [0.25, 0.3) is 0 Å². The van der Waals surface area contributed by atoms with Gasteiger partial charge >= 0.3 is 39.5 Å². The summed E-state index contributed by atoms with van der Waals surface area (Å²) < 4.78 is 68.0. The Hall–Kier alpha value is -1.94. The van der Waals surface area contributed by atoms with E-state index < -0.39 is 97.5 Å². The van der Waals surface area contributed by atoms with Crippen molar-refractivity contribution < 1.29 is 80.2 Å². The fourth-order valence-electron chi connectivity index (χ4n) is 9.36. The van der Waals surface area contributed by atoms with Gasteiger partial charge in [0.15, 0.2) is 12.2 Å². The summed E-state index contributed by atoms with van der Waals surface area (Å²) in [5.74, 6) is 0.766. The number of esters is 4. The number of aliphatic hydroxyl groups is 1. The van der Waals surface area contributed by atoms with Gasteiger partial charge in [-0.3, -0.25) is 37.3 Å². The smallest absolute Gasteiger partial charge is 0.462 e.